The van der Waals surface area contributed by atoms with E-state index >= 15 is 0 Å². The van der Waals surface area contributed by atoms with E-state index in [-0.39, 0.29) is 0 Å². The van der Waals surface area contributed by atoms with Crippen molar-refractivity contribution in [1.82, 2.24) is 0 Å². The zero-order chi connectivity index (χ0) is 20.5. The first-order valence-corrected chi connectivity index (χ1v) is 13.7. The van der Waals surface area contributed by atoms with Gasteiger partial charge < -0.3 is 0 Å². The lowest BCUT2D eigenvalue weighted by Gasteiger charge is -2.16. The molecule has 0 amide bonds. The summed E-state index contributed by atoms with van der Waals surface area (Å²) < 4.78 is 0. The minimum atomic E-state index is 0.878. The summed E-state index contributed by atoms with van der Waals surface area (Å²) in [4.78, 5) is 0. The largest absolute Gasteiger partial charge is 0.165 e. The van der Waals surface area contributed by atoms with Crippen molar-refractivity contribution in [2.45, 2.75) is 125 Å². The summed E-state index contributed by atoms with van der Waals surface area (Å²) >= 11 is 2.00. The van der Waals surface area contributed by atoms with Crippen LogP contribution in [0.2, 0.25) is 0 Å². The van der Waals surface area contributed by atoms with Gasteiger partial charge >= 0.3 is 0 Å². The second-order valence-electron chi connectivity index (χ2n) is 10.3. The monoisotopic (exact) mass is 398 g/mol. The Hall–Kier alpha value is 0.350. The molecule has 0 spiro atoms. The molecule has 0 rings (SSSR count). The predicted molar refractivity (Wildman–Crippen MR) is 130 cm³/mol. The highest BCUT2D eigenvalue weighted by atomic mass is 32.2. The summed E-state index contributed by atoms with van der Waals surface area (Å²) in [6.07, 6.45) is 21.0. The molecule has 0 heterocycles. The summed E-state index contributed by atoms with van der Waals surface area (Å²) in [7, 11) is 0. The molecular formula is C26H54S. The maximum absolute atomic E-state index is 2.49. The summed E-state index contributed by atoms with van der Waals surface area (Å²) in [5.41, 5.74) is 0. The van der Waals surface area contributed by atoms with Crippen LogP contribution in [0.3, 0.4) is 0 Å². The van der Waals surface area contributed by atoms with E-state index < -0.39 is 0 Å². The van der Waals surface area contributed by atoms with Crippen LogP contribution in [0, 0.1) is 29.6 Å². The topological polar surface area (TPSA) is 0 Å². The van der Waals surface area contributed by atoms with Gasteiger partial charge in [-0.15, -0.1) is 0 Å². The molecule has 0 aliphatic carbocycles. The smallest absolute Gasteiger partial charge is 0.00445 e. The fourth-order valence-corrected chi connectivity index (χ4v) is 5.03. The molecule has 0 nitrogen and oxygen atoms in total. The maximum Gasteiger partial charge on any atom is -0.00445 e. The van der Waals surface area contributed by atoms with Crippen LogP contribution in [0.1, 0.15) is 125 Å². The highest BCUT2D eigenvalue weighted by molar-refractivity contribution is 7.98. The van der Waals surface area contributed by atoms with Crippen molar-refractivity contribution in [1.29, 1.82) is 0 Å². The van der Waals surface area contributed by atoms with Gasteiger partial charge in [0.2, 0.25) is 0 Å². The SMILES string of the molecule is CSCC(C)CCCCC(C)CCCC(C)CCCC(C)CCCC(C)C. The Morgan fingerprint density at radius 2 is 0.778 bits per heavy atom. The van der Waals surface area contributed by atoms with Gasteiger partial charge in [0.25, 0.3) is 0 Å². The van der Waals surface area contributed by atoms with E-state index in [4.69, 9.17) is 0 Å². The molecule has 0 aromatic rings. The van der Waals surface area contributed by atoms with Crippen molar-refractivity contribution in [3.63, 3.8) is 0 Å². The van der Waals surface area contributed by atoms with Crippen molar-refractivity contribution >= 4 is 11.8 Å². The zero-order valence-corrected chi connectivity index (χ0v) is 21.0. The van der Waals surface area contributed by atoms with Gasteiger partial charge in [-0.1, -0.05) is 119 Å². The second kappa shape index (κ2) is 18.4. The molecule has 0 bridgehead atoms. The van der Waals surface area contributed by atoms with Crippen LogP contribution in [0.15, 0.2) is 0 Å². The molecule has 0 aliphatic rings. The van der Waals surface area contributed by atoms with Crippen molar-refractivity contribution in [2.75, 3.05) is 12.0 Å². The Morgan fingerprint density at radius 3 is 1.15 bits per heavy atom. The average molecular weight is 399 g/mol. The number of rotatable bonds is 19. The van der Waals surface area contributed by atoms with E-state index in [1.54, 1.807) is 0 Å². The molecule has 0 aromatic carbocycles. The number of hydrogen-bond donors (Lipinski definition) is 0. The standard InChI is InChI=1S/C26H54S/c1-22(2)13-10-16-24(4)18-12-20-25(5)19-11-17-23(3)14-8-9-15-26(6)21-27-7/h22-26H,8-21H2,1-7H3. The van der Waals surface area contributed by atoms with E-state index in [2.05, 4.69) is 47.8 Å². The molecule has 0 radical (unpaired) electrons. The van der Waals surface area contributed by atoms with E-state index in [0.29, 0.717) is 0 Å². The minimum Gasteiger partial charge on any atom is -0.165 e. The second-order valence-corrected chi connectivity index (χ2v) is 11.3. The maximum atomic E-state index is 2.49. The Balaban J connectivity index is 3.52. The first-order chi connectivity index (χ1) is 12.8. The van der Waals surface area contributed by atoms with Crippen molar-refractivity contribution in [2.24, 2.45) is 29.6 Å². The van der Waals surface area contributed by atoms with Gasteiger partial charge in [0.1, 0.15) is 0 Å². The van der Waals surface area contributed by atoms with Crippen LogP contribution in [0.25, 0.3) is 0 Å². The Kier molecular flexibility index (Phi) is 18.6. The number of thioether (sulfide) groups is 1. The first kappa shape index (κ1) is 27.4. The number of hydrogen-bond acceptors (Lipinski definition) is 1. The molecule has 164 valence electrons. The van der Waals surface area contributed by atoms with Crippen molar-refractivity contribution in [3.05, 3.63) is 0 Å². The van der Waals surface area contributed by atoms with Gasteiger partial charge in [0, 0.05) is 0 Å². The zero-order valence-electron chi connectivity index (χ0n) is 20.2. The van der Waals surface area contributed by atoms with Crippen LogP contribution in [0.4, 0.5) is 0 Å². The fourth-order valence-electron chi connectivity index (χ4n) is 4.29. The fraction of sp³-hybridized carbons (Fsp3) is 1.00. The minimum absolute atomic E-state index is 0.878. The molecule has 0 N–H and O–H groups in total. The van der Waals surface area contributed by atoms with Crippen LogP contribution < -0.4 is 0 Å². The van der Waals surface area contributed by atoms with Crippen molar-refractivity contribution in [3.8, 4) is 0 Å². The van der Waals surface area contributed by atoms with Crippen LogP contribution in [-0.4, -0.2) is 12.0 Å². The molecular weight excluding hydrogens is 344 g/mol. The van der Waals surface area contributed by atoms with E-state index in [0.717, 1.165) is 29.6 Å². The Bertz CT molecular complexity index is 299. The average Bonchev–Trinajstić information content (AvgIpc) is 2.58. The van der Waals surface area contributed by atoms with Gasteiger partial charge in [0.15, 0.2) is 0 Å². The first-order valence-electron chi connectivity index (χ1n) is 12.3. The van der Waals surface area contributed by atoms with Crippen LogP contribution in [0.5, 0.6) is 0 Å². The third kappa shape index (κ3) is 19.4. The third-order valence-electron chi connectivity index (χ3n) is 6.36. The summed E-state index contributed by atoms with van der Waals surface area (Å²) in [6, 6.07) is 0. The van der Waals surface area contributed by atoms with Gasteiger partial charge in [-0.25, -0.2) is 0 Å². The summed E-state index contributed by atoms with van der Waals surface area (Å²) in [6.45, 7) is 14.5. The van der Waals surface area contributed by atoms with Gasteiger partial charge in [0.05, 0.1) is 0 Å². The highest BCUT2D eigenvalue weighted by Crippen LogP contribution is 2.23. The molecule has 4 unspecified atom stereocenters. The highest BCUT2D eigenvalue weighted by Gasteiger charge is 2.08. The Morgan fingerprint density at radius 1 is 0.444 bits per heavy atom. The molecule has 0 aromatic heterocycles. The molecule has 1 heteroatoms. The Labute approximate surface area is 178 Å². The lowest BCUT2D eigenvalue weighted by Crippen LogP contribution is -2.02. The molecule has 0 aliphatic heterocycles. The lowest BCUT2D eigenvalue weighted by atomic mass is 9.90. The molecule has 0 saturated carbocycles. The number of unbranched alkanes of at least 4 members (excludes halogenated alkanes) is 1. The molecule has 4 atom stereocenters. The predicted octanol–water partition coefficient (Wildman–Crippen LogP) is 9.62. The third-order valence-corrected chi connectivity index (χ3v) is 7.26. The van der Waals surface area contributed by atoms with Gasteiger partial charge in [-0.05, 0) is 48.0 Å². The summed E-state index contributed by atoms with van der Waals surface area (Å²) in [5.74, 6) is 5.94. The van der Waals surface area contributed by atoms with Crippen molar-refractivity contribution < 1.29 is 0 Å². The molecule has 0 saturated heterocycles. The van der Waals surface area contributed by atoms with Crippen LogP contribution in [-0.2, 0) is 0 Å². The van der Waals surface area contributed by atoms with Gasteiger partial charge in [-0.2, -0.15) is 11.8 Å². The van der Waals surface area contributed by atoms with Crippen LogP contribution >= 0.6 is 11.8 Å². The van der Waals surface area contributed by atoms with E-state index in [9.17, 15) is 0 Å². The van der Waals surface area contributed by atoms with E-state index in [1.165, 1.54) is 89.2 Å². The van der Waals surface area contributed by atoms with Gasteiger partial charge in [-0.3, -0.25) is 0 Å². The van der Waals surface area contributed by atoms with E-state index in [1.807, 2.05) is 11.8 Å². The lowest BCUT2D eigenvalue weighted by molar-refractivity contribution is 0.370. The summed E-state index contributed by atoms with van der Waals surface area (Å²) in [5, 5.41) is 0. The quantitative estimate of drug-likeness (QED) is 0.195. The molecule has 27 heavy (non-hydrogen) atoms. The molecule has 0 fully saturated rings. The normalized spacial score (nSPS) is 16.4.